The summed E-state index contributed by atoms with van der Waals surface area (Å²) in [6.07, 6.45) is 4.25. The van der Waals surface area contributed by atoms with E-state index in [4.69, 9.17) is 5.11 Å². The fourth-order valence-corrected chi connectivity index (χ4v) is 1.81. The Bertz CT molecular complexity index is 558. The Hall–Kier alpha value is -2.18. The van der Waals surface area contributed by atoms with Crippen LogP contribution < -0.4 is 0 Å². The van der Waals surface area contributed by atoms with Crippen LogP contribution in [-0.2, 0) is 19.5 Å². The molecule has 7 heteroatoms. The van der Waals surface area contributed by atoms with Gasteiger partial charge in [0.15, 0.2) is 5.69 Å². The van der Waals surface area contributed by atoms with Crippen LogP contribution in [-0.4, -0.2) is 35.9 Å². The quantitative estimate of drug-likeness (QED) is 0.847. The molecule has 0 aliphatic rings. The second-order valence-corrected chi connectivity index (χ2v) is 3.91. The minimum atomic E-state index is -1.04. The van der Waals surface area contributed by atoms with Crippen LogP contribution in [0.5, 0.6) is 0 Å². The SMILES string of the molecule is CCc1c(C(=O)O)nnn1Cc1cnn(CC)c1. The summed E-state index contributed by atoms with van der Waals surface area (Å²) < 4.78 is 3.43. The van der Waals surface area contributed by atoms with E-state index in [9.17, 15) is 4.79 Å². The normalized spacial score (nSPS) is 10.8. The van der Waals surface area contributed by atoms with E-state index in [0.717, 1.165) is 12.1 Å². The molecule has 0 aliphatic carbocycles. The van der Waals surface area contributed by atoms with Gasteiger partial charge in [0.25, 0.3) is 0 Å². The monoisotopic (exact) mass is 249 g/mol. The van der Waals surface area contributed by atoms with Crippen LogP contribution >= 0.6 is 0 Å². The van der Waals surface area contributed by atoms with E-state index >= 15 is 0 Å². The summed E-state index contributed by atoms with van der Waals surface area (Å²) in [4.78, 5) is 11.0. The zero-order valence-corrected chi connectivity index (χ0v) is 10.4. The molecule has 0 unspecified atom stereocenters. The van der Waals surface area contributed by atoms with Crippen LogP contribution in [0.3, 0.4) is 0 Å². The number of carboxylic acid groups (broad SMARTS) is 1. The summed E-state index contributed by atoms with van der Waals surface area (Å²) >= 11 is 0. The highest BCUT2D eigenvalue weighted by atomic mass is 16.4. The van der Waals surface area contributed by atoms with Gasteiger partial charge in [-0.05, 0) is 13.3 Å². The highest BCUT2D eigenvalue weighted by Crippen LogP contribution is 2.09. The van der Waals surface area contributed by atoms with Crippen molar-refractivity contribution in [2.75, 3.05) is 0 Å². The van der Waals surface area contributed by atoms with Crippen LogP contribution in [0, 0.1) is 0 Å². The van der Waals surface area contributed by atoms with E-state index in [1.165, 1.54) is 0 Å². The van der Waals surface area contributed by atoms with Crippen molar-refractivity contribution >= 4 is 5.97 Å². The number of aryl methyl sites for hydroxylation is 1. The maximum atomic E-state index is 11.0. The van der Waals surface area contributed by atoms with Gasteiger partial charge in [0.05, 0.1) is 18.4 Å². The van der Waals surface area contributed by atoms with Crippen molar-refractivity contribution in [2.45, 2.75) is 33.4 Å². The number of hydrogen-bond acceptors (Lipinski definition) is 4. The third-order valence-electron chi connectivity index (χ3n) is 2.72. The molecular formula is C11H15N5O2. The minimum absolute atomic E-state index is 0.0281. The molecule has 0 aliphatic heterocycles. The molecule has 2 heterocycles. The summed E-state index contributed by atoms with van der Waals surface area (Å²) in [6.45, 7) is 5.19. The number of carboxylic acids is 1. The van der Waals surface area contributed by atoms with E-state index in [0.29, 0.717) is 18.7 Å². The van der Waals surface area contributed by atoms with Gasteiger partial charge in [-0.1, -0.05) is 12.1 Å². The highest BCUT2D eigenvalue weighted by molar-refractivity contribution is 5.86. The first-order valence-corrected chi connectivity index (χ1v) is 5.82. The zero-order valence-electron chi connectivity index (χ0n) is 10.4. The molecule has 2 aromatic heterocycles. The summed E-state index contributed by atoms with van der Waals surface area (Å²) in [6, 6.07) is 0. The van der Waals surface area contributed by atoms with Crippen molar-refractivity contribution in [3.05, 3.63) is 29.3 Å². The predicted octanol–water partition coefficient (Wildman–Crippen LogP) is 0.803. The number of carbonyl (C=O) groups is 1. The molecule has 0 amide bonds. The maximum absolute atomic E-state index is 11.0. The van der Waals surface area contributed by atoms with Gasteiger partial charge in [-0.25, -0.2) is 9.48 Å². The average Bonchev–Trinajstić information content (AvgIpc) is 2.95. The Morgan fingerprint density at radius 2 is 2.22 bits per heavy atom. The molecule has 0 saturated heterocycles. The average molecular weight is 249 g/mol. The fourth-order valence-electron chi connectivity index (χ4n) is 1.81. The number of rotatable bonds is 5. The Morgan fingerprint density at radius 3 is 2.78 bits per heavy atom. The minimum Gasteiger partial charge on any atom is -0.476 e. The van der Waals surface area contributed by atoms with Gasteiger partial charge in [0.2, 0.25) is 0 Å². The molecule has 96 valence electrons. The largest absolute Gasteiger partial charge is 0.476 e. The highest BCUT2D eigenvalue weighted by Gasteiger charge is 2.17. The molecule has 0 fully saturated rings. The van der Waals surface area contributed by atoms with E-state index in [1.54, 1.807) is 10.9 Å². The van der Waals surface area contributed by atoms with E-state index < -0.39 is 5.97 Å². The molecule has 18 heavy (non-hydrogen) atoms. The lowest BCUT2D eigenvalue weighted by molar-refractivity contribution is 0.0689. The van der Waals surface area contributed by atoms with Crippen molar-refractivity contribution in [1.29, 1.82) is 0 Å². The topological polar surface area (TPSA) is 85.8 Å². The van der Waals surface area contributed by atoms with Gasteiger partial charge < -0.3 is 5.11 Å². The summed E-state index contributed by atoms with van der Waals surface area (Å²) in [5.41, 5.74) is 1.64. The Balaban J connectivity index is 2.26. The second-order valence-electron chi connectivity index (χ2n) is 3.91. The Kier molecular flexibility index (Phi) is 3.40. The predicted molar refractivity (Wildman–Crippen MR) is 63.4 cm³/mol. The zero-order chi connectivity index (χ0) is 13.1. The van der Waals surface area contributed by atoms with Gasteiger partial charge >= 0.3 is 5.97 Å². The first kappa shape index (κ1) is 12.3. The molecule has 1 N–H and O–H groups in total. The van der Waals surface area contributed by atoms with Crippen molar-refractivity contribution in [2.24, 2.45) is 0 Å². The third kappa shape index (κ3) is 2.24. The summed E-state index contributed by atoms with van der Waals surface area (Å²) in [5, 5.41) is 20.7. The fraction of sp³-hybridized carbons (Fsp3) is 0.455. The standard InChI is InChI=1S/C11H15N5O2/c1-3-9-10(11(17)18)13-14-16(9)7-8-5-12-15(4-2)6-8/h5-6H,3-4,7H2,1-2H3,(H,17,18). The lowest BCUT2D eigenvalue weighted by Crippen LogP contribution is -2.08. The van der Waals surface area contributed by atoms with E-state index in [-0.39, 0.29) is 5.69 Å². The summed E-state index contributed by atoms with van der Waals surface area (Å²) in [5.74, 6) is -1.04. The molecule has 0 saturated carbocycles. The first-order valence-electron chi connectivity index (χ1n) is 5.82. The Morgan fingerprint density at radius 1 is 1.44 bits per heavy atom. The second kappa shape index (κ2) is 4.99. The van der Waals surface area contributed by atoms with Crippen LogP contribution in [0.15, 0.2) is 12.4 Å². The van der Waals surface area contributed by atoms with Crippen LogP contribution in [0.1, 0.15) is 35.6 Å². The van der Waals surface area contributed by atoms with E-state index in [1.807, 2.05) is 24.7 Å². The van der Waals surface area contributed by atoms with Crippen molar-refractivity contribution in [3.8, 4) is 0 Å². The molecule has 0 atom stereocenters. The number of hydrogen-bond donors (Lipinski definition) is 1. The van der Waals surface area contributed by atoms with Crippen molar-refractivity contribution in [1.82, 2.24) is 24.8 Å². The molecule has 0 radical (unpaired) electrons. The number of nitrogens with zero attached hydrogens (tertiary/aromatic N) is 5. The molecule has 7 nitrogen and oxygen atoms in total. The molecule has 2 rings (SSSR count). The lowest BCUT2D eigenvalue weighted by Gasteiger charge is -2.02. The van der Waals surface area contributed by atoms with Crippen LogP contribution in [0.4, 0.5) is 0 Å². The number of aromatic carboxylic acids is 1. The van der Waals surface area contributed by atoms with Crippen molar-refractivity contribution < 1.29 is 9.90 Å². The first-order chi connectivity index (χ1) is 8.65. The smallest absolute Gasteiger partial charge is 0.358 e. The van der Waals surface area contributed by atoms with Gasteiger partial charge in [-0.3, -0.25) is 4.68 Å². The van der Waals surface area contributed by atoms with Gasteiger partial charge in [0.1, 0.15) is 0 Å². The Labute approximate surface area is 104 Å². The van der Waals surface area contributed by atoms with E-state index in [2.05, 4.69) is 15.4 Å². The maximum Gasteiger partial charge on any atom is 0.358 e. The summed E-state index contributed by atoms with van der Waals surface area (Å²) in [7, 11) is 0. The number of aromatic nitrogens is 5. The molecule has 0 aromatic carbocycles. The lowest BCUT2D eigenvalue weighted by atomic mass is 10.2. The third-order valence-corrected chi connectivity index (χ3v) is 2.72. The molecule has 0 bridgehead atoms. The van der Waals surface area contributed by atoms with Gasteiger partial charge in [0, 0.05) is 18.3 Å². The molecule has 2 aromatic rings. The molecular weight excluding hydrogens is 234 g/mol. The van der Waals surface area contributed by atoms with Gasteiger partial charge in [-0.15, -0.1) is 5.10 Å². The van der Waals surface area contributed by atoms with Crippen LogP contribution in [0.2, 0.25) is 0 Å². The van der Waals surface area contributed by atoms with Gasteiger partial charge in [-0.2, -0.15) is 5.10 Å². The molecule has 0 spiro atoms. The van der Waals surface area contributed by atoms with Crippen molar-refractivity contribution in [3.63, 3.8) is 0 Å². The van der Waals surface area contributed by atoms with Crippen LogP contribution in [0.25, 0.3) is 0 Å².